The SMILES string of the molecule is CC(CNC1CC1)COc1c(I)cc(C#N)cc1[N+](=O)[O-]. The molecule has 7 heteroatoms. The van der Waals surface area contributed by atoms with Crippen LogP contribution in [0.5, 0.6) is 5.75 Å². The van der Waals surface area contributed by atoms with Crippen molar-refractivity contribution in [2.45, 2.75) is 25.8 Å². The molecule has 0 aliphatic heterocycles. The monoisotopic (exact) mass is 401 g/mol. The maximum Gasteiger partial charge on any atom is 0.313 e. The number of nitrogens with one attached hydrogen (secondary N) is 1. The molecular formula is C14H16IN3O3. The minimum Gasteiger partial charge on any atom is -0.486 e. The van der Waals surface area contributed by atoms with E-state index in [1.54, 1.807) is 6.07 Å². The molecule has 2 rings (SSSR count). The number of nitro groups is 1. The fourth-order valence-electron chi connectivity index (χ4n) is 1.86. The molecule has 1 atom stereocenters. The van der Waals surface area contributed by atoms with E-state index < -0.39 is 4.92 Å². The van der Waals surface area contributed by atoms with Crippen molar-refractivity contribution in [2.75, 3.05) is 13.2 Å². The van der Waals surface area contributed by atoms with E-state index in [0.29, 0.717) is 16.2 Å². The van der Waals surface area contributed by atoms with Gasteiger partial charge in [0.25, 0.3) is 0 Å². The lowest BCUT2D eigenvalue weighted by Crippen LogP contribution is -2.26. The van der Waals surface area contributed by atoms with Gasteiger partial charge in [-0.25, -0.2) is 0 Å². The lowest BCUT2D eigenvalue weighted by Gasteiger charge is -2.15. The number of nitro benzene ring substituents is 1. The average molecular weight is 401 g/mol. The summed E-state index contributed by atoms with van der Waals surface area (Å²) in [6.07, 6.45) is 2.46. The summed E-state index contributed by atoms with van der Waals surface area (Å²) in [6, 6.07) is 5.40. The maximum absolute atomic E-state index is 11.1. The minimum atomic E-state index is -0.508. The van der Waals surface area contributed by atoms with Gasteiger partial charge in [-0.05, 0) is 41.5 Å². The van der Waals surface area contributed by atoms with Gasteiger partial charge >= 0.3 is 5.69 Å². The van der Waals surface area contributed by atoms with E-state index in [2.05, 4.69) is 5.32 Å². The number of nitrogens with zero attached hydrogens (tertiary/aromatic N) is 2. The van der Waals surface area contributed by atoms with Crippen LogP contribution in [-0.2, 0) is 0 Å². The number of nitriles is 1. The molecule has 6 nitrogen and oxygen atoms in total. The molecule has 0 heterocycles. The summed E-state index contributed by atoms with van der Waals surface area (Å²) in [6.45, 7) is 3.28. The second-order valence-corrected chi connectivity index (χ2v) is 6.44. The van der Waals surface area contributed by atoms with Crippen LogP contribution in [0.15, 0.2) is 12.1 Å². The molecule has 1 fully saturated rings. The van der Waals surface area contributed by atoms with Gasteiger partial charge < -0.3 is 10.1 Å². The van der Waals surface area contributed by atoms with E-state index in [4.69, 9.17) is 10.00 Å². The summed E-state index contributed by atoms with van der Waals surface area (Å²) in [4.78, 5) is 10.6. The van der Waals surface area contributed by atoms with Crippen LogP contribution in [0.4, 0.5) is 5.69 Å². The molecule has 0 aromatic heterocycles. The molecule has 0 radical (unpaired) electrons. The third-order valence-electron chi connectivity index (χ3n) is 3.19. The number of ether oxygens (including phenoxy) is 1. The van der Waals surface area contributed by atoms with Crippen LogP contribution < -0.4 is 10.1 Å². The summed E-state index contributed by atoms with van der Waals surface area (Å²) in [5, 5.41) is 23.4. The quantitative estimate of drug-likeness (QED) is 0.431. The lowest BCUT2D eigenvalue weighted by atomic mass is 10.2. The average Bonchev–Trinajstić information content (AvgIpc) is 3.26. The summed E-state index contributed by atoms with van der Waals surface area (Å²) >= 11 is 1.96. The number of hydrogen-bond donors (Lipinski definition) is 1. The standard InChI is InChI=1S/C14H16IN3O3/c1-9(7-17-11-2-3-11)8-21-14-12(15)4-10(6-16)5-13(14)18(19)20/h4-5,9,11,17H,2-3,7-8H2,1H3. The maximum atomic E-state index is 11.1. The van der Waals surface area contributed by atoms with Crippen LogP contribution in [0.3, 0.4) is 0 Å². The largest absolute Gasteiger partial charge is 0.486 e. The van der Waals surface area contributed by atoms with Gasteiger partial charge in [0.15, 0.2) is 0 Å². The Bertz CT molecular complexity index is 582. The van der Waals surface area contributed by atoms with Gasteiger partial charge in [0.1, 0.15) is 0 Å². The van der Waals surface area contributed by atoms with Crippen molar-refractivity contribution in [1.82, 2.24) is 5.32 Å². The zero-order valence-corrected chi connectivity index (χ0v) is 13.8. The predicted molar refractivity (Wildman–Crippen MR) is 86.2 cm³/mol. The van der Waals surface area contributed by atoms with E-state index in [1.807, 2.05) is 35.6 Å². The van der Waals surface area contributed by atoms with Gasteiger partial charge in [0, 0.05) is 24.6 Å². The van der Waals surface area contributed by atoms with Gasteiger partial charge in [-0.1, -0.05) is 6.92 Å². The third kappa shape index (κ3) is 4.54. The highest BCUT2D eigenvalue weighted by Crippen LogP contribution is 2.33. The van der Waals surface area contributed by atoms with Crippen LogP contribution in [0.1, 0.15) is 25.3 Å². The third-order valence-corrected chi connectivity index (χ3v) is 4.00. The predicted octanol–water partition coefficient (Wildman–Crippen LogP) is 2.84. The second-order valence-electron chi connectivity index (χ2n) is 5.27. The molecule has 1 aliphatic carbocycles. The summed E-state index contributed by atoms with van der Waals surface area (Å²) in [5.74, 6) is 0.509. The van der Waals surface area contributed by atoms with Gasteiger partial charge in [0.05, 0.1) is 26.7 Å². The molecule has 0 amide bonds. The van der Waals surface area contributed by atoms with Crippen LogP contribution in [-0.4, -0.2) is 24.1 Å². The normalized spacial score (nSPS) is 15.3. The highest BCUT2D eigenvalue weighted by molar-refractivity contribution is 14.1. The van der Waals surface area contributed by atoms with Crippen LogP contribution >= 0.6 is 22.6 Å². The molecule has 0 spiro atoms. The van der Waals surface area contributed by atoms with E-state index >= 15 is 0 Å². The van der Waals surface area contributed by atoms with Crippen molar-refractivity contribution < 1.29 is 9.66 Å². The molecule has 0 bridgehead atoms. The molecule has 21 heavy (non-hydrogen) atoms. The number of rotatable bonds is 7. The topological polar surface area (TPSA) is 88.2 Å². The van der Waals surface area contributed by atoms with E-state index in [1.165, 1.54) is 18.9 Å². The van der Waals surface area contributed by atoms with Crippen molar-refractivity contribution in [2.24, 2.45) is 5.92 Å². The molecular weight excluding hydrogens is 385 g/mol. The van der Waals surface area contributed by atoms with Crippen LogP contribution in [0.2, 0.25) is 0 Å². The molecule has 0 saturated heterocycles. The fraction of sp³-hybridized carbons (Fsp3) is 0.500. The van der Waals surface area contributed by atoms with Crippen molar-refractivity contribution in [3.63, 3.8) is 0 Å². The van der Waals surface area contributed by atoms with E-state index in [0.717, 1.165) is 6.54 Å². The first-order chi connectivity index (χ1) is 10.0. The summed E-state index contributed by atoms with van der Waals surface area (Å²) in [7, 11) is 0. The Hall–Kier alpha value is -1.40. The first kappa shape index (κ1) is 16.0. The van der Waals surface area contributed by atoms with Gasteiger partial charge in [-0.15, -0.1) is 0 Å². The first-order valence-corrected chi connectivity index (χ1v) is 7.83. The Morgan fingerprint density at radius 2 is 2.33 bits per heavy atom. The van der Waals surface area contributed by atoms with Crippen LogP contribution in [0.25, 0.3) is 0 Å². The zero-order chi connectivity index (χ0) is 15.4. The molecule has 112 valence electrons. The van der Waals surface area contributed by atoms with Crippen molar-refractivity contribution in [3.05, 3.63) is 31.4 Å². The Kier molecular flexibility index (Phi) is 5.36. The van der Waals surface area contributed by atoms with E-state index in [-0.39, 0.29) is 22.9 Å². The molecule has 1 aromatic carbocycles. The fourth-order valence-corrected chi connectivity index (χ4v) is 2.63. The molecule has 1 unspecified atom stereocenters. The highest BCUT2D eigenvalue weighted by Gasteiger charge is 2.23. The van der Waals surface area contributed by atoms with Gasteiger partial charge in [-0.2, -0.15) is 5.26 Å². The summed E-state index contributed by atoms with van der Waals surface area (Å²) < 4.78 is 6.23. The van der Waals surface area contributed by atoms with E-state index in [9.17, 15) is 10.1 Å². The Morgan fingerprint density at radius 1 is 1.62 bits per heavy atom. The van der Waals surface area contributed by atoms with Gasteiger partial charge in [0.2, 0.25) is 5.75 Å². The van der Waals surface area contributed by atoms with Crippen LogP contribution in [0, 0.1) is 30.9 Å². The van der Waals surface area contributed by atoms with Crippen molar-refractivity contribution >= 4 is 28.3 Å². The molecule has 1 aliphatic rings. The molecule has 1 N–H and O–H groups in total. The van der Waals surface area contributed by atoms with Crippen molar-refractivity contribution in [3.8, 4) is 11.8 Å². The lowest BCUT2D eigenvalue weighted by molar-refractivity contribution is -0.386. The Balaban J connectivity index is 2.03. The number of benzene rings is 1. The smallest absolute Gasteiger partial charge is 0.313 e. The molecule has 1 aromatic rings. The number of halogens is 1. The molecule has 1 saturated carbocycles. The summed E-state index contributed by atoms with van der Waals surface area (Å²) in [5.41, 5.74) is 0.114. The number of hydrogen-bond acceptors (Lipinski definition) is 5. The zero-order valence-electron chi connectivity index (χ0n) is 11.6. The Labute approximate surface area is 136 Å². The minimum absolute atomic E-state index is 0.152. The van der Waals surface area contributed by atoms with Crippen molar-refractivity contribution in [1.29, 1.82) is 5.26 Å². The Morgan fingerprint density at radius 3 is 2.90 bits per heavy atom. The second kappa shape index (κ2) is 7.04. The van der Waals surface area contributed by atoms with Gasteiger partial charge in [-0.3, -0.25) is 10.1 Å². The first-order valence-electron chi connectivity index (χ1n) is 6.75. The highest BCUT2D eigenvalue weighted by atomic mass is 127.